The summed E-state index contributed by atoms with van der Waals surface area (Å²) in [4.78, 5) is 13.4. The van der Waals surface area contributed by atoms with Crippen molar-refractivity contribution >= 4 is 29.9 Å². The molecule has 1 N–H and O–H groups in total. The van der Waals surface area contributed by atoms with Crippen molar-refractivity contribution in [1.82, 2.24) is 5.32 Å². The van der Waals surface area contributed by atoms with Gasteiger partial charge in [0.15, 0.2) is 0 Å². The molecule has 0 saturated heterocycles. The molecule has 0 spiro atoms. The lowest BCUT2D eigenvalue weighted by molar-refractivity contribution is 0.0955. The van der Waals surface area contributed by atoms with E-state index in [2.05, 4.69) is 56.1 Å². The molecule has 2 aromatic rings. The Balaban J connectivity index is 1.93. The largest absolute Gasteiger partial charge is 0.347 e. The summed E-state index contributed by atoms with van der Waals surface area (Å²) in [5.41, 5.74) is 2.42. The first-order valence-electron chi connectivity index (χ1n) is 6.21. The summed E-state index contributed by atoms with van der Waals surface area (Å²) in [6.45, 7) is 4.89. The second kappa shape index (κ2) is 6.26. The van der Waals surface area contributed by atoms with Crippen LogP contribution in [0, 0.1) is 0 Å². The minimum atomic E-state index is -0.0433. The van der Waals surface area contributed by atoms with Crippen LogP contribution in [0.1, 0.15) is 40.6 Å². The van der Waals surface area contributed by atoms with E-state index in [1.807, 2.05) is 5.38 Å². The summed E-state index contributed by atoms with van der Waals surface area (Å²) in [7, 11) is 0. The summed E-state index contributed by atoms with van der Waals surface area (Å²) < 4.78 is 0. The second-order valence-corrected chi connectivity index (χ2v) is 6.18. The Kier molecular flexibility index (Phi) is 4.66. The lowest BCUT2D eigenvalue weighted by Crippen LogP contribution is -2.21. The SMILES string of the molecule is CC(C)c1ccc(CNC(=O)c2cc(S)cs2)cc1. The van der Waals surface area contributed by atoms with Crippen LogP contribution >= 0.6 is 24.0 Å². The predicted octanol–water partition coefficient (Wildman–Crippen LogP) is 4.09. The Labute approximate surface area is 123 Å². The second-order valence-electron chi connectivity index (χ2n) is 4.75. The molecule has 0 saturated carbocycles. The number of hydrogen-bond acceptors (Lipinski definition) is 3. The van der Waals surface area contributed by atoms with E-state index >= 15 is 0 Å². The molecular formula is C15H17NOS2. The van der Waals surface area contributed by atoms with E-state index in [1.165, 1.54) is 16.9 Å². The van der Waals surface area contributed by atoms with E-state index in [0.29, 0.717) is 17.3 Å². The quantitative estimate of drug-likeness (QED) is 0.816. The summed E-state index contributed by atoms with van der Waals surface area (Å²) in [6.07, 6.45) is 0. The zero-order chi connectivity index (χ0) is 13.8. The summed E-state index contributed by atoms with van der Waals surface area (Å²) in [5, 5.41) is 4.77. The van der Waals surface area contributed by atoms with Gasteiger partial charge in [-0.15, -0.1) is 24.0 Å². The number of carbonyl (C=O) groups is 1. The maximum Gasteiger partial charge on any atom is 0.261 e. The van der Waals surface area contributed by atoms with Gasteiger partial charge >= 0.3 is 0 Å². The number of amides is 1. The van der Waals surface area contributed by atoms with Crippen LogP contribution in [0.3, 0.4) is 0 Å². The maximum absolute atomic E-state index is 11.9. The topological polar surface area (TPSA) is 29.1 Å². The van der Waals surface area contributed by atoms with Crippen molar-refractivity contribution in [3.63, 3.8) is 0 Å². The molecule has 0 bridgehead atoms. The Bertz CT molecular complexity index is 558. The first-order valence-corrected chi connectivity index (χ1v) is 7.53. The Morgan fingerprint density at radius 2 is 2.00 bits per heavy atom. The Hall–Kier alpha value is -1.26. The van der Waals surface area contributed by atoms with Crippen molar-refractivity contribution in [2.45, 2.75) is 31.2 Å². The average Bonchev–Trinajstić information content (AvgIpc) is 2.83. The lowest BCUT2D eigenvalue weighted by Gasteiger charge is -2.07. The number of carbonyl (C=O) groups excluding carboxylic acids is 1. The zero-order valence-corrected chi connectivity index (χ0v) is 12.7. The predicted molar refractivity (Wildman–Crippen MR) is 83.3 cm³/mol. The summed E-state index contributed by atoms with van der Waals surface area (Å²) >= 11 is 5.61. The van der Waals surface area contributed by atoms with E-state index in [1.54, 1.807) is 6.07 Å². The lowest BCUT2D eigenvalue weighted by atomic mass is 10.0. The third-order valence-electron chi connectivity index (χ3n) is 2.91. The fourth-order valence-corrected chi connectivity index (χ4v) is 2.80. The van der Waals surface area contributed by atoms with Gasteiger partial charge in [0.25, 0.3) is 5.91 Å². The first-order chi connectivity index (χ1) is 9.06. The van der Waals surface area contributed by atoms with E-state index in [-0.39, 0.29) is 5.91 Å². The van der Waals surface area contributed by atoms with E-state index in [0.717, 1.165) is 10.5 Å². The van der Waals surface area contributed by atoms with Gasteiger partial charge in [0.05, 0.1) is 4.88 Å². The molecule has 19 heavy (non-hydrogen) atoms. The third kappa shape index (κ3) is 3.85. The number of thiol groups is 1. The van der Waals surface area contributed by atoms with Gasteiger partial charge in [0.2, 0.25) is 0 Å². The smallest absolute Gasteiger partial charge is 0.261 e. The molecule has 0 unspecified atom stereocenters. The molecule has 2 nitrogen and oxygen atoms in total. The van der Waals surface area contributed by atoms with Crippen LogP contribution in [-0.2, 0) is 6.54 Å². The molecule has 2 rings (SSSR count). The van der Waals surface area contributed by atoms with Crippen LogP contribution in [0.5, 0.6) is 0 Å². The van der Waals surface area contributed by atoms with Crippen LogP contribution in [0.15, 0.2) is 40.6 Å². The van der Waals surface area contributed by atoms with Gasteiger partial charge in [0, 0.05) is 16.8 Å². The van der Waals surface area contributed by atoms with Crippen LogP contribution < -0.4 is 5.32 Å². The van der Waals surface area contributed by atoms with E-state index in [9.17, 15) is 4.79 Å². The van der Waals surface area contributed by atoms with Crippen LogP contribution in [-0.4, -0.2) is 5.91 Å². The summed E-state index contributed by atoms with van der Waals surface area (Å²) in [6, 6.07) is 10.1. The van der Waals surface area contributed by atoms with E-state index < -0.39 is 0 Å². The maximum atomic E-state index is 11.9. The highest BCUT2D eigenvalue weighted by atomic mass is 32.1. The number of rotatable bonds is 4. The summed E-state index contributed by atoms with van der Waals surface area (Å²) in [5.74, 6) is 0.488. The molecule has 100 valence electrons. The molecule has 1 aromatic heterocycles. The minimum absolute atomic E-state index is 0.0433. The molecule has 0 aliphatic rings. The van der Waals surface area contributed by atoms with Crippen molar-refractivity contribution in [1.29, 1.82) is 0 Å². The molecule has 0 radical (unpaired) electrons. The normalized spacial score (nSPS) is 10.7. The fourth-order valence-electron chi connectivity index (χ4n) is 1.74. The highest BCUT2D eigenvalue weighted by Crippen LogP contribution is 2.18. The number of nitrogens with one attached hydrogen (secondary N) is 1. The fraction of sp³-hybridized carbons (Fsp3) is 0.267. The Morgan fingerprint density at radius 3 is 2.53 bits per heavy atom. The minimum Gasteiger partial charge on any atom is -0.347 e. The highest BCUT2D eigenvalue weighted by Gasteiger charge is 2.07. The molecule has 1 heterocycles. The number of benzene rings is 1. The van der Waals surface area contributed by atoms with Gasteiger partial charge in [0.1, 0.15) is 0 Å². The molecule has 1 amide bonds. The number of thiophene rings is 1. The third-order valence-corrected chi connectivity index (χ3v) is 4.27. The van der Waals surface area contributed by atoms with Gasteiger partial charge in [-0.25, -0.2) is 0 Å². The van der Waals surface area contributed by atoms with Crippen molar-refractivity contribution in [3.05, 3.63) is 51.7 Å². The van der Waals surface area contributed by atoms with Crippen molar-refractivity contribution in [2.24, 2.45) is 0 Å². The molecule has 4 heteroatoms. The average molecular weight is 291 g/mol. The molecule has 0 aliphatic heterocycles. The van der Waals surface area contributed by atoms with Crippen LogP contribution in [0.2, 0.25) is 0 Å². The molecule has 0 fully saturated rings. The van der Waals surface area contributed by atoms with E-state index in [4.69, 9.17) is 0 Å². The standard InChI is InChI=1S/C15H17NOS2/c1-10(2)12-5-3-11(4-6-12)8-16-15(17)14-7-13(18)9-19-14/h3-7,9-10,18H,8H2,1-2H3,(H,16,17). The highest BCUT2D eigenvalue weighted by molar-refractivity contribution is 7.80. The van der Waals surface area contributed by atoms with Gasteiger partial charge in [-0.1, -0.05) is 38.1 Å². The Morgan fingerprint density at radius 1 is 1.32 bits per heavy atom. The molecule has 1 aromatic carbocycles. The molecular weight excluding hydrogens is 274 g/mol. The van der Waals surface area contributed by atoms with Gasteiger partial charge in [-0.2, -0.15) is 0 Å². The molecule has 0 aliphatic carbocycles. The van der Waals surface area contributed by atoms with Gasteiger partial charge < -0.3 is 5.32 Å². The van der Waals surface area contributed by atoms with Crippen LogP contribution in [0.25, 0.3) is 0 Å². The number of hydrogen-bond donors (Lipinski definition) is 2. The first kappa shape index (κ1) is 14.2. The van der Waals surface area contributed by atoms with Crippen molar-refractivity contribution in [3.8, 4) is 0 Å². The monoisotopic (exact) mass is 291 g/mol. The zero-order valence-electron chi connectivity index (χ0n) is 11.0. The van der Waals surface area contributed by atoms with Crippen molar-refractivity contribution < 1.29 is 4.79 Å². The van der Waals surface area contributed by atoms with Crippen LogP contribution in [0.4, 0.5) is 0 Å². The van der Waals surface area contributed by atoms with Gasteiger partial charge in [-0.3, -0.25) is 4.79 Å². The van der Waals surface area contributed by atoms with Crippen molar-refractivity contribution in [2.75, 3.05) is 0 Å². The van der Waals surface area contributed by atoms with Gasteiger partial charge in [-0.05, 0) is 23.1 Å². The molecule has 0 atom stereocenters.